The van der Waals surface area contributed by atoms with Crippen LogP contribution >= 0.6 is 0 Å². The minimum atomic E-state index is 0. The van der Waals surface area contributed by atoms with E-state index in [1.165, 1.54) is 0 Å². The molecule has 0 saturated carbocycles. The van der Waals surface area contributed by atoms with Gasteiger partial charge >= 0.3 is 0 Å². The Morgan fingerprint density at radius 2 is 0.500 bits per heavy atom. The van der Waals surface area contributed by atoms with Crippen LogP contribution in [0.3, 0.4) is 0 Å². The Balaban J connectivity index is 0. The first-order valence-corrected chi connectivity index (χ1v) is 0. The maximum absolute atomic E-state index is 0. The summed E-state index contributed by atoms with van der Waals surface area (Å²) < 4.78 is 0. The Kier molecular flexibility index (Phi) is 174. The van der Waals surface area contributed by atoms with Gasteiger partial charge in [0.15, 0.2) is 0 Å². The molecule has 0 aliphatic carbocycles. The Bertz CT molecular complexity index is 4.00. The number of hydrogen-bond acceptors (Lipinski definition) is 0. The van der Waals surface area contributed by atoms with Crippen LogP contribution in [-0.4, -0.2) is 0 Å². The topological polar surface area (TPSA) is 0 Å². The minimum absolute atomic E-state index is 0. The van der Waals surface area contributed by atoms with Crippen molar-refractivity contribution in [1.29, 1.82) is 0 Å². The largest absolute Gasteiger partial charge is 0 e. The Morgan fingerprint density at radius 3 is 0.500 bits per heavy atom. The van der Waals surface area contributed by atoms with Crippen molar-refractivity contribution in [3.05, 3.63) is 0 Å². The fraction of sp³-hybridized carbons (Fsp3) is 0. The summed E-state index contributed by atoms with van der Waals surface area (Å²) in [5, 5.41) is 0. The molecule has 0 aliphatic rings. The van der Waals surface area contributed by atoms with Gasteiger partial charge in [-0.15, -0.1) is 0 Å². The molecule has 0 rings (SSSR count). The van der Waals surface area contributed by atoms with E-state index in [1.807, 2.05) is 0 Å². The van der Waals surface area contributed by atoms with E-state index in [2.05, 4.69) is 0 Å². The molecule has 0 aromatic heterocycles. The van der Waals surface area contributed by atoms with E-state index in [0.29, 0.717) is 0 Å². The van der Waals surface area contributed by atoms with Gasteiger partial charge in [-0.2, -0.15) is 0 Å². The third kappa shape index (κ3) is 8.93. The Morgan fingerprint density at radius 1 is 0.500 bits per heavy atom. The summed E-state index contributed by atoms with van der Waals surface area (Å²) in [4.78, 5) is 0. The van der Waals surface area contributed by atoms with E-state index in [-0.39, 0.29) is 68.9 Å². The quantitative estimate of drug-likeness (QED) is 0.514. The van der Waals surface area contributed by atoms with Gasteiger partial charge in [-0.05, 0) is 0 Å². The molecule has 4 heteroatoms. The normalized spacial score (nSPS) is 0. The van der Waals surface area contributed by atoms with Gasteiger partial charge in [0, 0.05) is 68.9 Å². The molecule has 0 aromatic carbocycles. The van der Waals surface area contributed by atoms with E-state index < -0.39 is 0 Å². The molecule has 0 nitrogen and oxygen atoms in total. The van der Waals surface area contributed by atoms with Gasteiger partial charge in [0.2, 0.25) is 0 Å². The van der Waals surface area contributed by atoms with Gasteiger partial charge in [0.25, 0.3) is 0 Å². The zero-order chi connectivity index (χ0) is 0. The second-order valence-corrected chi connectivity index (χ2v) is 0. The van der Waals surface area contributed by atoms with E-state index in [9.17, 15) is 0 Å². The van der Waals surface area contributed by atoms with Crippen molar-refractivity contribution in [2.75, 3.05) is 0 Å². The molecule has 0 amide bonds. The Hall–Kier alpha value is 2.10. The van der Waals surface area contributed by atoms with Gasteiger partial charge < -0.3 is 0 Å². The monoisotopic (exact) mass is 230 g/mol. The molecule has 2 radical (unpaired) electrons. The molecule has 0 heterocycles. The molecule has 0 bridgehead atoms. The third-order valence-electron chi connectivity index (χ3n) is 0. The molecule has 0 aliphatic heterocycles. The van der Waals surface area contributed by atoms with E-state index >= 15 is 0 Å². The maximum Gasteiger partial charge on any atom is 0 e. The number of hydrogen-bond donors (Lipinski definition) is 0. The van der Waals surface area contributed by atoms with Crippen molar-refractivity contribution in [3.63, 3.8) is 0 Å². The minimum Gasteiger partial charge on any atom is 0 e. The van der Waals surface area contributed by atoms with Crippen LogP contribution in [0, 0.1) is 0 Å². The molecule has 0 unspecified atom stereocenters. The van der Waals surface area contributed by atoms with E-state index in [1.54, 1.807) is 0 Å². The second kappa shape index (κ2) is 19.4. The predicted octanol–water partition coefficient (Wildman–Crippen LogP) is -0.0100. The van der Waals surface area contributed by atoms with Crippen LogP contribution in [0.5, 0.6) is 0 Å². The maximum atomic E-state index is 0. The van der Waals surface area contributed by atoms with Crippen LogP contribution in [0.25, 0.3) is 0 Å². The summed E-state index contributed by atoms with van der Waals surface area (Å²) in [6.07, 6.45) is 0. The summed E-state index contributed by atoms with van der Waals surface area (Å²) >= 11 is 0. The summed E-state index contributed by atoms with van der Waals surface area (Å²) in [6, 6.07) is 0. The molecule has 0 aromatic rings. The first-order chi connectivity index (χ1) is 0. The molecule has 0 N–H and O–H groups in total. The average Bonchev–Trinajstić information content (AvgIpc) is 0. The van der Waals surface area contributed by atoms with Gasteiger partial charge in [-0.3, -0.25) is 0 Å². The van der Waals surface area contributed by atoms with Crippen molar-refractivity contribution in [2.45, 2.75) is 0 Å². The summed E-state index contributed by atoms with van der Waals surface area (Å²) in [5.41, 5.74) is 0. The molecule has 0 spiro atoms. The molecular formula is Cr2Cu2. The smallest absolute Gasteiger partial charge is 0 e. The van der Waals surface area contributed by atoms with Crippen LogP contribution in [0.15, 0.2) is 0 Å². The van der Waals surface area contributed by atoms with Crippen LogP contribution in [0.4, 0.5) is 0 Å². The van der Waals surface area contributed by atoms with Crippen LogP contribution in [-0.2, 0) is 68.9 Å². The number of rotatable bonds is 0. The zero-order valence-electron chi connectivity index (χ0n) is 1.42. The summed E-state index contributed by atoms with van der Waals surface area (Å²) in [7, 11) is 0. The first kappa shape index (κ1) is 35.9. The van der Waals surface area contributed by atoms with Gasteiger partial charge in [0.1, 0.15) is 0 Å². The molecular weight excluding hydrogens is 231 g/mol. The molecule has 0 atom stereocenters. The Labute approximate surface area is 68.3 Å². The van der Waals surface area contributed by atoms with Crippen molar-refractivity contribution in [3.8, 4) is 0 Å². The standard InChI is InChI=1S/2Cr.2Cu. The fourth-order valence-corrected chi connectivity index (χ4v) is 0. The van der Waals surface area contributed by atoms with Gasteiger partial charge in [-0.1, -0.05) is 0 Å². The third-order valence-corrected chi connectivity index (χ3v) is 0. The molecule has 0 fully saturated rings. The van der Waals surface area contributed by atoms with Crippen molar-refractivity contribution in [2.24, 2.45) is 0 Å². The molecule has 4 heavy (non-hydrogen) atoms. The van der Waals surface area contributed by atoms with Crippen LogP contribution < -0.4 is 0 Å². The van der Waals surface area contributed by atoms with E-state index in [0.717, 1.165) is 0 Å². The predicted molar refractivity (Wildman–Crippen MR) is 0 cm³/mol. The van der Waals surface area contributed by atoms with Crippen molar-refractivity contribution >= 4 is 0 Å². The molecule has 34 valence electrons. The van der Waals surface area contributed by atoms with E-state index in [4.69, 9.17) is 0 Å². The average molecular weight is 231 g/mol. The summed E-state index contributed by atoms with van der Waals surface area (Å²) in [5.74, 6) is 0. The van der Waals surface area contributed by atoms with Gasteiger partial charge in [-0.25, -0.2) is 0 Å². The van der Waals surface area contributed by atoms with Crippen molar-refractivity contribution in [1.82, 2.24) is 0 Å². The summed E-state index contributed by atoms with van der Waals surface area (Å²) in [6.45, 7) is 0. The molecule has 0 saturated heterocycles. The SMILES string of the molecule is [Cr].[Cr].[Cu].[Cu]. The first-order valence-electron chi connectivity index (χ1n) is 0. The fourth-order valence-electron chi connectivity index (χ4n) is 0. The van der Waals surface area contributed by atoms with Crippen molar-refractivity contribution < 1.29 is 68.9 Å². The van der Waals surface area contributed by atoms with Crippen LogP contribution in [0.2, 0.25) is 0 Å². The zero-order valence-corrected chi connectivity index (χ0v) is 5.85. The van der Waals surface area contributed by atoms with Crippen LogP contribution in [0.1, 0.15) is 0 Å². The van der Waals surface area contributed by atoms with Gasteiger partial charge in [0.05, 0.1) is 0 Å². The second-order valence-electron chi connectivity index (χ2n) is 0.